The van der Waals surface area contributed by atoms with E-state index in [1.807, 2.05) is 25.1 Å². The van der Waals surface area contributed by atoms with Gasteiger partial charge in [0.05, 0.1) is 12.7 Å². The van der Waals surface area contributed by atoms with Crippen LogP contribution in [0.25, 0.3) is 11.5 Å². The highest BCUT2D eigenvalue weighted by molar-refractivity contribution is 5.63. The van der Waals surface area contributed by atoms with Crippen LogP contribution in [0.3, 0.4) is 0 Å². The molecule has 0 spiro atoms. The van der Waals surface area contributed by atoms with Crippen molar-refractivity contribution in [2.45, 2.75) is 25.7 Å². The molecule has 1 aromatic carbocycles. The maximum Gasteiger partial charge on any atom is 0.261 e. The molecular formula is C15H19N3O2. The second-order valence-corrected chi connectivity index (χ2v) is 5.19. The predicted molar refractivity (Wildman–Crippen MR) is 75.9 cm³/mol. The molecule has 0 bridgehead atoms. The third kappa shape index (κ3) is 2.54. The Kier molecular flexibility index (Phi) is 3.69. The van der Waals surface area contributed by atoms with E-state index in [2.05, 4.69) is 15.5 Å². The molecule has 5 nitrogen and oxygen atoms in total. The zero-order valence-electron chi connectivity index (χ0n) is 11.8. The number of hydrogen-bond donors (Lipinski definition) is 1. The minimum Gasteiger partial charge on any atom is -0.496 e. The number of aromatic nitrogens is 2. The van der Waals surface area contributed by atoms with Gasteiger partial charge in [-0.15, -0.1) is 0 Å². The molecule has 0 amide bonds. The first-order chi connectivity index (χ1) is 9.78. The van der Waals surface area contributed by atoms with Crippen molar-refractivity contribution in [2.75, 3.05) is 20.2 Å². The molecule has 1 N–H and O–H groups in total. The van der Waals surface area contributed by atoms with Crippen molar-refractivity contribution in [1.82, 2.24) is 15.5 Å². The lowest BCUT2D eigenvalue weighted by molar-refractivity contribution is 0.387. The molecule has 1 saturated heterocycles. The first kappa shape index (κ1) is 13.1. The van der Waals surface area contributed by atoms with Crippen LogP contribution in [0.1, 0.15) is 30.1 Å². The topological polar surface area (TPSA) is 60.2 Å². The Balaban J connectivity index is 1.91. The average Bonchev–Trinajstić information content (AvgIpc) is 2.98. The fraction of sp³-hybridized carbons (Fsp3) is 0.467. The highest BCUT2D eigenvalue weighted by atomic mass is 16.5. The molecule has 0 radical (unpaired) electrons. The highest BCUT2D eigenvalue weighted by Gasteiger charge is 2.22. The van der Waals surface area contributed by atoms with E-state index in [0.29, 0.717) is 11.8 Å². The third-order valence-electron chi connectivity index (χ3n) is 3.73. The van der Waals surface area contributed by atoms with Crippen LogP contribution < -0.4 is 10.1 Å². The second-order valence-electron chi connectivity index (χ2n) is 5.19. The van der Waals surface area contributed by atoms with E-state index < -0.39 is 0 Å². The van der Waals surface area contributed by atoms with E-state index in [1.165, 1.54) is 0 Å². The number of ether oxygens (including phenoxy) is 1. The predicted octanol–water partition coefficient (Wildman–Crippen LogP) is 2.52. The fourth-order valence-electron chi connectivity index (χ4n) is 2.58. The summed E-state index contributed by atoms with van der Waals surface area (Å²) in [5, 5.41) is 7.49. The summed E-state index contributed by atoms with van der Waals surface area (Å²) in [6.45, 7) is 4.07. The minimum atomic E-state index is 0.393. The lowest BCUT2D eigenvalue weighted by atomic mass is 9.98. The Morgan fingerprint density at radius 1 is 1.30 bits per heavy atom. The van der Waals surface area contributed by atoms with Crippen LogP contribution >= 0.6 is 0 Å². The summed E-state index contributed by atoms with van der Waals surface area (Å²) in [5.74, 6) is 2.50. The normalized spacial score (nSPS) is 16.3. The fourth-order valence-corrected chi connectivity index (χ4v) is 2.58. The molecule has 1 aliphatic rings. The molecule has 2 heterocycles. The van der Waals surface area contributed by atoms with Gasteiger partial charge in [0.15, 0.2) is 5.82 Å². The molecule has 2 aromatic rings. The van der Waals surface area contributed by atoms with Crippen molar-refractivity contribution in [1.29, 1.82) is 0 Å². The third-order valence-corrected chi connectivity index (χ3v) is 3.73. The van der Waals surface area contributed by atoms with Gasteiger partial charge in [0.25, 0.3) is 5.89 Å². The van der Waals surface area contributed by atoms with Crippen molar-refractivity contribution in [2.24, 2.45) is 0 Å². The van der Waals surface area contributed by atoms with Gasteiger partial charge in [-0.1, -0.05) is 16.8 Å². The van der Waals surface area contributed by atoms with Gasteiger partial charge in [0.1, 0.15) is 5.75 Å². The summed E-state index contributed by atoms with van der Waals surface area (Å²) in [7, 11) is 1.65. The van der Waals surface area contributed by atoms with Crippen molar-refractivity contribution in [3.8, 4) is 17.2 Å². The van der Waals surface area contributed by atoms with Crippen molar-refractivity contribution in [3.63, 3.8) is 0 Å². The standard InChI is InChI=1S/C15H19N3O2/c1-10-3-4-13(19-2)12(9-10)15-17-14(18-20-15)11-5-7-16-8-6-11/h3-4,9,11,16H,5-8H2,1-2H3. The average molecular weight is 273 g/mol. The van der Waals surface area contributed by atoms with Gasteiger partial charge < -0.3 is 14.6 Å². The molecule has 1 fully saturated rings. The van der Waals surface area contributed by atoms with E-state index in [9.17, 15) is 0 Å². The summed E-state index contributed by atoms with van der Waals surface area (Å²) in [5.41, 5.74) is 2.00. The Bertz CT molecular complexity index is 589. The summed E-state index contributed by atoms with van der Waals surface area (Å²) < 4.78 is 10.8. The van der Waals surface area contributed by atoms with Gasteiger partial charge in [-0.25, -0.2) is 0 Å². The molecule has 1 aromatic heterocycles. The summed E-state index contributed by atoms with van der Waals surface area (Å²) in [6.07, 6.45) is 2.12. The van der Waals surface area contributed by atoms with E-state index in [0.717, 1.165) is 48.6 Å². The van der Waals surface area contributed by atoms with Crippen LogP contribution in [-0.4, -0.2) is 30.3 Å². The van der Waals surface area contributed by atoms with Crippen molar-refractivity contribution in [3.05, 3.63) is 29.6 Å². The van der Waals surface area contributed by atoms with E-state index >= 15 is 0 Å². The minimum absolute atomic E-state index is 0.393. The van der Waals surface area contributed by atoms with Gasteiger partial charge in [-0.05, 0) is 45.0 Å². The molecule has 3 rings (SSSR count). The van der Waals surface area contributed by atoms with Gasteiger partial charge in [0, 0.05) is 5.92 Å². The highest BCUT2D eigenvalue weighted by Crippen LogP contribution is 2.31. The van der Waals surface area contributed by atoms with Crippen LogP contribution in [0.2, 0.25) is 0 Å². The molecular weight excluding hydrogens is 254 g/mol. The quantitative estimate of drug-likeness (QED) is 0.931. The van der Waals surface area contributed by atoms with Crippen molar-refractivity contribution >= 4 is 0 Å². The van der Waals surface area contributed by atoms with Crippen LogP contribution in [0, 0.1) is 6.92 Å². The summed E-state index contributed by atoms with van der Waals surface area (Å²) >= 11 is 0. The number of benzene rings is 1. The van der Waals surface area contributed by atoms with E-state index in [-0.39, 0.29) is 0 Å². The van der Waals surface area contributed by atoms with Crippen molar-refractivity contribution < 1.29 is 9.26 Å². The number of methoxy groups -OCH3 is 1. The molecule has 1 aliphatic heterocycles. The summed E-state index contributed by atoms with van der Waals surface area (Å²) in [6, 6.07) is 5.95. The number of nitrogens with zero attached hydrogens (tertiary/aromatic N) is 2. The van der Waals surface area contributed by atoms with Crippen LogP contribution in [-0.2, 0) is 0 Å². The Labute approximate surface area is 118 Å². The van der Waals surface area contributed by atoms with Gasteiger partial charge >= 0.3 is 0 Å². The molecule has 20 heavy (non-hydrogen) atoms. The monoisotopic (exact) mass is 273 g/mol. The van der Waals surface area contributed by atoms with E-state index in [4.69, 9.17) is 9.26 Å². The molecule has 0 saturated carbocycles. The maximum atomic E-state index is 5.44. The first-order valence-electron chi connectivity index (χ1n) is 6.97. The lowest BCUT2D eigenvalue weighted by Gasteiger charge is -2.18. The first-order valence-corrected chi connectivity index (χ1v) is 6.97. The Morgan fingerprint density at radius 2 is 2.10 bits per heavy atom. The van der Waals surface area contributed by atoms with Crippen LogP contribution in [0.4, 0.5) is 0 Å². The van der Waals surface area contributed by atoms with Crippen LogP contribution in [0.15, 0.2) is 22.7 Å². The van der Waals surface area contributed by atoms with Gasteiger partial charge in [-0.3, -0.25) is 0 Å². The Morgan fingerprint density at radius 3 is 2.85 bits per heavy atom. The zero-order chi connectivity index (χ0) is 13.9. The van der Waals surface area contributed by atoms with Gasteiger partial charge in [0.2, 0.25) is 0 Å². The number of aryl methyl sites for hydroxylation is 1. The number of piperidine rings is 1. The SMILES string of the molecule is COc1ccc(C)cc1-c1nc(C2CCNCC2)no1. The maximum absolute atomic E-state index is 5.44. The van der Waals surface area contributed by atoms with Crippen LogP contribution in [0.5, 0.6) is 5.75 Å². The molecule has 0 atom stereocenters. The number of nitrogens with one attached hydrogen (secondary N) is 1. The largest absolute Gasteiger partial charge is 0.496 e. The second kappa shape index (κ2) is 5.63. The zero-order valence-corrected chi connectivity index (χ0v) is 11.8. The molecule has 0 unspecified atom stereocenters. The lowest BCUT2D eigenvalue weighted by Crippen LogP contribution is -2.27. The molecule has 5 heteroatoms. The number of hydrogen-bond acceptors (Lipinski definition) is 5. The summed E-state index contributed by atoms with van der Waals surface area (Å²) in [4.78, 5) is 4.57. The number of rotatable bonds is 3. The van der Waals surface area contributed by atoms with Gasteiger partial charge in [-0.2, -0.15) is 4.98 Å². The molecule has 106 valence electrons. The smallest absolute Gasteiger partial charge is 0.261 e. The Hall–Kier alpha value is -1.88. The molecule has 0 aliphatic carbocycles. The van der Waals surface area contributed by atoms with E-state index in [1.54, 1.807) is 7.11 Å².